The van der Waals surface area contributed by atoms with Crippen molar-refractivity contribution >= 4 is 17.4 Å². The largest absolute Gasteiger partial charge is 0.505 e. The maximum atomic E-state index is 12.0. The Hall–Kier alpha value is -2.08. The molecule has 0 saturated heterocycles. The van der Waals surface area contributed by atoms with Crippen molar-refractivity contribution in [3.63, 3.8) is 0 Å². The molecule has 1 fully saturated rings. The Labute approximate surface area is 130 Å². The van der Waals surface area contributed by atoms with Crippen molar-refractivity contribution in [3.05, 3.63) is 23.8 Å². The van der Waals surface area contributed by atoms with Crippen molar-refractivity contribution in [3.8, 4) is 5.75 Å². The van der Waals surface area contributed by atoms with Gasteiger partial charge in [-0.3, -0.25) is 9.59 Å². The van der Waals surface area contributed by atoms with Gasteiger partial charge in [0.1, 0.15) is 6.10 Å². The Bertz CT molecular complexity index is 586. The van der Waals surface area contributed by atoms with Crippen molar-refractivity contribution in [2.45, 2.75) is 26.0 Å². The number of Topliss-reactive ketones (excluding diaryl/α,β-unsaturated/α-hetero) is 1. The highest BCUT2D eigenvalue weighted by Gasteiger charge is 2.48. The van der Waals surface area contributed by atoms with E-state index in [1.165, 1.54) is 4.90 Å². The van der Waals surface area contributed by atoms with E-state index in [9.17, 15) is 14.7 Å². The lowest BCUT2D eigenvalue weighted by molar-refractivity contribution is -0.148. The molecule has 0 aliphatic heterocycles. The van der Waals surface area contributed by atoms with E-state index in [4.69, 9.17) is 4.74 Å². The van der Waals surface area contributed by atoms with Gasteiger partial charge in [-0.1, -0.05) is 13.0 Å². The minimum atomic E-state index is -0.507. The predicted octanol–water partition coefficient (Wildman–Crippen LogP) is 1.50. The summed E-state index contributed by atoms with van der Waals surface area (Å²) in [6, 6.07) is 4.74. The van der Waals surface area contributed by atoms with Gasteiger partial charge in [-0.15, -0.1) is 0 Å². The molecule has 6 heteroatoms. The highest BCUT2D eigenvalue weighted by molar-refractivity contribution is 5.99. The number of rotatable bonds is 5. The molecule has 22 heavy (non-hydrogen) atoms. The van der Waals surface area contributed by atoms with Crippen molar-refractivity contribution < 1.29 is 19.4 Å². The number of para-hydroxylation sites is 1. The Morgan fingerprint density at radius 3 is 2.68 bits per heavy atom. The molecular weight excluding hydrogens is 284 g/mol. The number of phenols is 1. The third-order valence-corrected chi connectivity index (χ3v) is 3.94. The molecule has 1 aromatic carbocycles. The van der Waals surface area contributed by atoms with Crippen LogP contribution in [0.15, 0.2) is 18.2 Å². The molecule has 0 heterocycles. The summed E-state index contributed by atoms with van der Waals surface area (Å²) in [6.45, 7) is 4.11. The van der Waals surface area contributed by atoms with Crippen LogP contribution >= 0.6 is 0 Å². The minimum absolute atomic E-state index is 0.0550. The van der Waals surface area contributed by atoms with Crippen LogP contribution in [0, 0.1) is 5.92 Å². The average Bonchev–Trinajstić information content (AvgIpc) is 2.51. The van der Waals surface area contributed by atoms with Crippen LogP contribution in [-0.4, -0.2) is 54.5 Å². The molecule has 0 bridgehead atoms. The quantitative estimate of drug-likeness (QED) is 0.806. The van der Waals surface area contributed by atoms with Crippen LogP contribution in [0.2, 0.25) is 0 Å². The molecule has 0 radical (unpaired) electrons. The Balaban J connectivity index is 2.22. The molecule has 2 rings (SSSR count). The van der Waals surface area contributed by atoms with Gasteiger partial charge < -0.3 is 20.1 Å². The van der Waals surface area contributed by atoms with Crippen LogP contribution in [0.3, 0.4) is 0 Å². The van der Waals surface area contributed by atoms with Gasteiger partial charge in [-0.05, 0) is 19.1 Å². The SMILES string of the molecule is CCOC1C(=O)C(C)C1Nc1cccc(C(=O)N(C)C)c1O. The number of ketones is 1. The number of anilines is 1. The van der Waals surface area contributed by atoms with Crippen molar-refractivity contribution in [1.82, 2.24) is 4.90 Å². The first-order valence-corrected chi connectivity index (χ1v) is 7.34. The fourth-order valence-corrected chi connectivity index (χ4v) is 2.58. The Morgan fingerprint density at radius 1 is 1.41 bits per heavy atom. The maximum Gasteiger partial charge on any atom is 0.257 e. The number of nitrogens with zero attached hydrogens (tertiary/aromatic N) is 1. The third-order valence-electron chi connectivity index (χ3n) is 3.94. The zero-order valence-corrected chi connectivity index (χ0v) is 13.3. The maximum absolute atomic E-state index is 12.0. The number of carbonyl (C=O) groups excluding carboxylic acids is 2. The Morgan fingerprint density at radius 2 is 2.09 bits per heavy atom. The smallest absolute Gasteiger partial charge is 0.257 e. The van der Waals surface area contributed by atoms with Gasteiger partial charge in [0.15, 0.2) is 11.5 Å². The molecule has 2 N–H and O–H groups in total. The second-order valence-corrected chi connectivity index (χ2v) is 5.64. The molecule has 1 aromatic rings. The topological polar surface area (TPSA) is 78.9 Å². The molecule has 6 nitrogen and oxygen atoms in total. The second-order valence-electron chi connectivity index (χ2n) is 5.64. The molecule has 0 spiro atoms. The lowest BCUT2D eigenvalue weighted by Gasteiger charge is -2.41. The van der Waals surface area contributed by atoms with Crippen molar-refractivity contribution in [2.75, 3.05) is 26.0 Å². The predicted molar refractivity (Wildman–Crippen MR) is 83.1 cm³/mol. The monoisotopic (exact) mass is 306 g/mol. The van der Waals surface area contributed by atoms with E-state index in [2.05, 4.69) is 5.32 Å². The number of benzene rings is 1. The number of nitrogens with one attached hydrogen (secondary N) is 1. The zero-order valence-electron chi connectivity index (χ0n) is 13.3. The first-order valence-electron chi connectivity index (χ1n) is 7.34. The van der Waals surface area contributed by atoms with E-state index in [1.807, 2.05) is 13.8 Å². The fourth-order valence-electron chi connectivity index (χ4n) is 2.58. The number of ether oxygens (including phenoxy) is 1. The summed E-state index contributed by atoms with van der Waals surface area (Å²) in [5.74, 6) is -0.522. The summed E-state index contributed by atoms with van der Waals surface area (Å²) in [5, 5.41) is 13.4. The van der Waals surface area contributed by atoms with Gasteiger partial charge in [0.25, 0.3) is 5.91 Å². The molecule has 1 saturated carbocycles. The Kier molecular flexibility index (Phi) is 4.71. The number of aromatic hydroxyl groups is 1. The molecule has 0 aromatic heterocycles. The number of phenolic OH excluding ortho intramolecular Hbond substituents is 1. The average molecular weight is 306 g/mol. The lowest BCUT2D eigenvalue weighted by Crippen LogP contribution is -2.60. The number of carbonyl (C=O) groups is 2. The first kappa shape index (κ1) is 16.3. The van der Waals surface area contributed by atoms with Crippen LogP contribution < -0.4 is 5.32 Å². The zero-order chi connectivity index (χ0) is 16.4. The number of hydrogen-bond donors (Lipinski definition) is 2. The fraction of sp³-hybridized carbons (Fsp3) is 0.500. The first-order chi connectivity index (χ1) is 10.4. The van der Waals surface area contributed by atoms with Gasteiger partial charge in [0, 0.05) is 26.6 Å². The van der Waals surface area contributed by atoms with Gasteiger partial charge in [0.2, 0.25) is 0 Å². The molecule has 120 valence electrons. The summed E-state index contributed by atoms with van der Waals surface area (Å²) in [7, 11) is 3.25. The van der Waals surface area contributed by atoms with Crippen LogP contribution in [0.4, 0.5) is 5.69 Å². The van der Waals surface area contributed by atoms with Gasteiger partial charge >= 0.3 is 0 Å². The molecule has 3 atom stereocenters. The molecule has 3 unspecified atom stereocenters. The summed E-state index contributed by atoms with van der Waals surface area (Å²) in [4.78, 5) is 25.2. The van der Waals surface area contributed by atoms with Gasteiger partial charge in [-0.2, -0.15) is 0 Å². The van der Waals surface area contributed by atoms with Crippen LogP contribution in [0.1, 0.15) is 24.2 Å². The van der Waals surface area contributed by atoms with E-state index >= 15 is 0 Å². The lowest BCUT2D eigenvalue weighted by atomic mass is 9.76. The van der Waals surface area contributed by atoms with Crippen LogP contribution in [0.5, 0.6) is 5.75 Å². The summed E-state index contributed by atoms with van der Waals surface area (Å²) in [5.41, 5.74) is 0.656. The molecule has 1 aliphatic rings. The summed E-state index contributed by atoms with van der Waals surface area (Å²) >= 11 is 0. The van der Waals surface area contributed by atoms with Gasteiger partial charge in [0.05, 0.1) is 17.3 Å². The standard InChI is InChI=1S/C16H22N2O4/c1-5-22-15-12(9(2)13(15)19)17-11-8-6-7-10(14(11)20)16(21)18(3)4/h6-9,12,15,17,20H,5H2,1-4H3. The summed E-state index contributed by atoms with van der Waals surface area (Å²) in [6.07, 6.45) is -0.507. The van der Waals surface area contributed by atoms with E-state index in [-0.39, 0.29) is 35.0 Å². The second kappa shape index (κ2) is 6.36. The van der Waals surface area contributed by atoms with Crippen LogP contribution in [-0.2, 0) is 9.53 Å². The number of amides is 1. The summed E-state index contributed by atoms with van der Waals surface area (Å²) < 4.78 is 5.43. The van der Waals surface area contributed by atoms with E-state index in [0.717, 1.165) is 0 Å². The van der Waals surface area contributed by atoms with Crippen molar-refractivity contribution in [2.24, 2.45) is 5.92 Å². The van der Waals surface area contributed by atoms with E-state index in [1.54, 1.807) is 32.3 Å². The van der Waals surface area contributed by atoms with E-state index < -0.39 is 6.10 Å². The highest BCUT2D eigenvalue weighted by Crippen LogP contribution is 2.34. The van der Waals surface area contributed by atoms with E-state index in [0.29, 0.717) is 12.3 Å². The normalized spacial score (nSPS) is 23.8. The van der Waals surface area contributed by atoms with Crippen LogP contribution in [0.25, 0.3) is 0 Å². The van der Waals surface area contributed by atoms with Crippen molar-refractivity contribution in [1.29, 1.82) is 0 Å². The molecule has 1 amide bonds. The highest BCUT2D eigenvalue weighted by atomic mass is 16.5. The third kappa shape index (κ3) is 2.78. The van der Waals surface area contributed by atoms with Gasteiger partial charge in [-0.25, -0.2) is 0 Å². The minimum Gasteiger partial charge on any atom is -0.505 e. The molecule has 1 aliphatic carbocycles. The number of hydrogen-bond acceptors (Lipinski definition) is 5. The molecular formula is C16H22N2O4.